The third kappa shape index (κ3) is 6.41. The van der Waals surface area contributed by atoms with Gasteiger partial charge < -0.3 is 15.4 Å². The molecular weight excluding hydrogens is 505 g/mol. The SMILES string of the molecule is COc1ccc(NC(=S)NC(=O)Nc2ccc(-c3ncn(-c4ccc(C(F)(F)F)cc4)n3)cc2)c(C)c1. The van der Waals surface area contributed by atoms with E-state index in [0.717, 1.165) is 23.4 Å². The van der Waals surface area contributed by atoms with E-state index in [1.165, 1.54) is 23.1 Å². The Bertz CT molecular complexity index is 1420. The monoisotopic (exact) mass is 526 g/mol. The van der Waals surface area contributed by atoms with Crippen molar-refractivity contribution in [2.24, 2.45) is 0 Å². The van der Waals surface area contributed by atoms with Crippen LogP contribution in [-0.2, 0) is 6.18 Å². The van der Waals surface area contributed by atoms with Crippen LogP contribution in [0, 0.1) is 6.92 Å². The molecule has 12 heteroatoms. The Labute approximate surface area is 215 Å². The zero-order chi connectivity index (χ0) is 26.6. The number of alkyl halides is 3. The summed E-state index contributed by atoms with van der Waals surface area (Å²) in [4.78, 5) is 16.5. The highest BCUT2D eigenvalue weighted by Gasteiger charge is 2.30. The first-order chi connectivity index (χ1) is 17.6. The van der Waals surface area contributed by atoms with Gasteiger partial charge in [-0.25, -0.2) is 14.5 Å². The van der Waals surface area contributed by atoms with E-state index in [4.69, 9.17) is 17.0 Å². The number of hydrogen-bond acceptors (Lipinski definition) is 5. The van der Waals surface area contributed by atoms with Gasteiger partial charge in [0.2, 0.25) is 0 Å². The lowest BCUT2D eigenvalue weighted by Crippen LogP contribution is -2.37. The summed E-state index contributed by atoms with van der Waals surface area (Å²) >= 11 is 5.21. The van der Waals surface area contributed by atoms with Gasteiger partial charge in [0.05, 0.1) is 18.4 Å². The summed E-state index contributed by atoms with van der Waals surface area (Å²) in [5, 5.41) is 12.6. The summed E-state index contributed by atoms with van der Waals surface area (Å²) in [6, 6.07) is 16.3. The Morgan fingerprint density at radius 2 is 1.70 bits per heavy atom. The number of aryl methyl sites for hydroxylation is 1. The van der Waals surface area contributed by atoms with Gasteiger partial charge in [0.1, 0.15) is 12.1 Å². The highest BCUT2D eigenvalue weighted by molar-refractivity contribution is 7.80. The van der Waals surface area contributed by atoms with E-state index < -0.39 is 17.8 Å². The summed E-state index contributed by atoms with van der Waals surface area (Å²) < 4.78 is 44.9. The number of carbonyl (C=O) groups is 1. The van der Waals surface area contributed by atoms with Crippen LogP contribution in [0.1, 0.15) is 11.1 Å². The molecule has 1 aromatic heterocycles. The van der Waals surface area contributed by atoms with Gasteiger partial charge in [0.15, 0.2) is 10.9 Å². The number of hydrogen-bond donors (Lipinski definition) is 3. The van der Waals surface area contributed by atoms with Crippen LogP contribution in [-0.4, -0.2) is 33.0 Å². The molecule has 0 fully saturated rings. The normalized spacial score (nSPS) is 11.1. The molecule has 0 bridgehead atoms. The zero-order valence-corrected chi connectivity index (χ0v) is 20.4. The standard InChI is InChI=1S/C25H21F3N6O2S/c1-15-13-20(36-2)11-12-21(15)31-24(37)32-23(35)30-18-7-3-16(4-8-18)22-29-14-34(33-22)19-9-5-17(6-10-19)25(26,27)28/h3-14H,1-2H3,(H3,30,31,32,35,37). The molecule has 4 rings (SSSR count). The van der Waals surface area contributed by atoms with Gasteiger partial charge in [-0.2, -0.15) is 13.2 Å². The number of amides is 2. The molecule has 4 aromatic rings. The second-order valence-corrected chi connectivity index (χ2v) is 8.26. The first-order valence-electron chi connectivity index (χ1n) is 10.9. The molecule has 8 nitrogen and oxygen atoms in total. The number of urea groups is 1. The molecule has 0 saturated carbocycles. The number of carbonyl (C=O) groups excluding carboxylic acids is 1. The Kier molecular flexibility index (Phi) is 7.39. The number of nitrogens with one attached hydrogen (secondary N) is 3. The predicted octanol–water partition coefficient (Wildman–Crippen LogP) is 5.79. The van der Waals surface area contributed by atoms with E-state index in [2.05, 4.69) is 26.0 Å². The fraction of sp³-hybridized carbons (Fsp3) is 0.120. The van der Waals surface area contributed by atoms with Gasteiger partial charge in [-0.1, -0.05) is 0 Å². The fourth-order valence-corrected chi connectivity index (χ4v) is 3.55. The Morgan fingerprint density at radius 3 is 2.32 bits per heavy atom. The summed E-state index contributed by atoms with van der Waals surface area (Å²) in [5.41, 5.74) is 2.50. The molecule has 37 heavy (non-hydrogen) atoms. The number of methoxy groups -OCH3 is 1. The zero-order valence-electron chi connectivity index (χ0n) is 19.6. The maximum atomic E-state index is 12.8. The maximum absolute atomic E-state index is 12.8. The number of benzene rings is 3. The second kappa shape index (κ2) is 10.7. The largest absolute Gasteiger partial charge is 0.497 e. The van der Waals surface area contributed by atoms with Crippen molar-refractivity contribution in [3.8, 4) is 22.8 Å². The van der Waals surface area contributed by atoms with Crippen LogP contribution in [0.5, 0.6) is 5.75 Å². The van der Waals surface area contributed by atoms with Crippen molar-refractivity contribution in [3.05, 3.63) is 84.2 Å². The van der Waals surface area contributed by atoms with Crippen molar-refractivity contribution in [2.75, 3.05) is 17.7 Å². The summed E-state index contributed by atoms with van der Waals surface area (Å²) in [7, 11) is 1.58. The summed E-state index contributed by atoms with van der Waals surface area (Å²) in [6.07, 6.45) is -2.99. The second-order valence-electron chi connectivity index (χ2n) is 7.85. The van der Waals surface area contributed by atoms with Crippen molar-refractivity contribution < 1.29 is 22.7 Å². The predicted molar refractivity (Wildman–Crippen MR) is 138 cm³/mol. The van der Waals surface area contributed by atoms with Crippen molar-refractivity contribution in [1.82, 2.24) is 20.1 Å². The highest BCUT2D eigenvalue weighted by Crippen LogP contribution is 2.29. The highest BCUT2D eigenvalue weighted by atomic mass is 32.1. The van der Waals surface area contributed by atoms with E-state index in [-0.39, 0.29) is 5.11 Å². The molecule has 0 atom stereocenters. The van der Waals surface area contributed by atoms with Crippen molar-refractivity contribution in [1.29, 1.82) is 0 Å². The molecule has 0 saturated heterocycles. The smallest absolute Gasteiger partial charge is 0.416 e. The topological polar surface area (TPSA) is 93.1 Å². The fourth-order valence-electron chi connectivity index (χ4n) is 3.35. The molecule has 0 unspecified atom stereocenters. The molecule has 0 radical (unpaired) electrons. The number of rotatable bonds is 5. The molecule has 3 N–H and O–H groups in total. The van der Waals surface area contributed by atoms with Gasteiger partial charge in [0.25, 0.3) is 0 Å². The van der Waals surface area contributed by atoms with E-state index in [0.29, 0.717) is 28.5 Å². The Balaban J connectivity index is 1.34. The lowest BCUT2D eigenvalue weighted by Gasteiger charge is -2.13. The van der Waals surface area contributed by atoms with E-state index in [9.17, 15) is 18.0 Å². The number of halogens is 3. The van der Waals surface area contributed by atoms with E-state index >= 15 is 0 Å². The number of nitrogens with zero attached hydrogens (tertiary/aromatic N) is 3. The van der Waals surface area contributed by atoms with Crippen LogP contribution in [0.15, 0.2) is 73.1 Å². The van der Waals surface area contributed by atoms with E-state index in [1.807, 2.05) is 13.0 Å². The molecule has 2 amide bonds. The van der Waals surface area contributed by atoms with Crippen LogP contribution < -0.4 is 20.7 Å². The quantitative estimate of drug-likeness (QED) is 0.285. The molecule has 0 aliphatic heterocycles. The van der Waals surface area contributed by atoms with Gasteiger partial charge in [-0.05, 0) is 91.4 Å². The average molecular weight is 527 g/mol. The van der Waals surface area contributed by atoms with E-state index in [1.54, 1.807) is 43.5 Å². The number of anilines is 2. The lowest BCUT2D eigenvalue weighted by molar-refractivity contribution is -0.137. The number of thiocarbonyl (C=S) groups is 1. The van der Waals surface area contributed by atoms with Crippen LogP contribution in [0.4, 0.5) is 29.3 Å². The van der Waals surface area contributed by atoms with Crippen LogP contribution >= 0.6 is 12.2 Å². The molecule has 0 aliphatic rings. The maximum Gasteiger partial charge on any atom is 0.416 e. The Hall–Kier alpha value is -4.45. The Morgan fingerprint density at radius 1 is 1.00 bits per heavy atom. The van der Waals surface area contributed by atoms with Crippen LogP contribution in [0.2, 0.25) is 0 Å². The van der Waals surface area contributed by atoms with Crippen molar-refractivity contribution >= 4 is 34.7 Å². The minimum absolute atomic E-state index is 0.125. The first kappa shape index (κ1) is 25.6. The lowest BCUT2D eigenvalue weighted by atomic mass is 10.2. The molecule has 1 heterocycles. The van der Waals surface area contributed by atoms with Gasteiger partial charge in [-0.15, -0.1) is 5.10 Å². The molecule has 0 spiro atoms. The minimum Gasteiger partial charge on any atom is -0.497 e. The summed E-state index contributed by atoms with van der Waals surface area (Å²) in [5.74, 6) is 1.08. The van der Waals surface area contributed by atoms with Gasteiger partial charge in [-0.3, -0.25) is 5.32 Å². The molecule has 190 valence electrons. The number of aromatic nitrogens is 3. The molecular formula is C25H21F3N6O2S. The first-order valence-corrected chi connectivity index (χ1v) is 11.3. The molecule has 0 aliphatic carbocycles. The van der Waals surface area contributed by atoms with Crippen molar-refractivity contribution in [2.45, 2.75) is 13.1 Å². The molecule has 3 aromatic carbocycles. The minimum atomic E-state index is -4.41. The van der Waals surface area contributed by atoms with Gasteiger partial charge >= 0.3 is 12.2 Å². The summed E-state index contributed by atoms with van der Waals surface area (Å²) in [6.45, 7) is 1.89. The third-order valence-electron chi connectivity index (χ3n) is 5.26. The van der Waals surface area contributed by atoms with Crippen LogP contribution in [0.25, 0.3) is 17.1 Å². The van der Waals surface area contributed by atoms with Crippen LogP contribution in [0.3, 0.4) is 0 Å². The average Bonchev–Trinajstić information content (AvgIpc) is 3.35. The van der Waals surface area contributed by atoms with Crippen molar-refractivity contribution in [3.63, 3.8) is 0 Å². The van der Waals surface area contributed by atoms with Gasteiger partial charge in [0, 0.05) is 16.9 Å². The third-order valence-corrected chi connectivity index (χ3v) is 5.46. The number of ether oxygens (including phenoxy) is 1.